The molecule has 0 radical (unpaired) electrons. The van der Waals surface area contributed by atoms with E-state index in [1.165, 1.54) is 0 Å². The molecule has 0 aliphatic carbocycles. The molecule has 1 N–H and O–H groups in total. The molecular weight excluding hydrogens is 292 g/mol. The number of nitrogens with zero attached hydrogens (tertiary/aromatic N) is 3. The average Bonchev–Trinajstić information content (AvgIpc) is 3.26. The lowest BCUT2D eigenvalue weighted by molar-refractivity contribution is 0.0792. The molecule has 2 heterocycles. The lowest BCUT2D eigenvalue weighted by atomic mass is 10.2. The Labute approximate surface area is 135 Å². The summed E-state index contributed by atoms with van der Waals surface area (Å²) < 4.78 is 1.70. The number of hydrogen-bond acceptors (Lipinski definition) is 3. The van der Waals surface area contributed by atoms with Crippen LogP contribution in [0.25, 0.3) is 0 Å². The van der Waals surface area contributed by atoms with Crippen LogP contribution in [-0.4, -0.2) is 39.6 Å². The molecular formula is C17H20N4O2. The summed E-state index contributed by atoms with van der Waals surface area (Å²) >= 11 is 0. The zero-order valence-electron chi connectivity index (χ0n) is 13.2. The maximum absolute atomic E-state index is 12.3. The predicted octanol–water partition coefficient (Wildman–Crippen LogP) is 2.39. The first kappa shape index (κ1) is 15.3. The Kier molecular flexibility index (Phi) is 4.41. The van der Waals surface area contributed by atoms with Crippen LogP contribution in [0.1, 0.15) is 40.6 Å². The molecule has 2 amide bonds. The Hall–Kier alpha value is -2.63. The maximum Gasteiger partial charge on any atom is 0.276 e. The van der Waals surface area contributed by atoms with Crippen LogP contribution >= 0.6 is 0 Å². The highest BCUT2D eigenvalue weighted by Gasteiger charge is 2.19. The summed E-state index contributed by atoms with van der Waals surface area (Å²) in [5.41, 5.74) is 1.68. The Balaban J connectivity index is 1.65. The van der Waals surface area contributed by atoms with E-state index in [2.05, 4.69) is 10.4 Å². The Morgan fingerprint density at radius 1 is 1.13 bits per heavy atom. The van der Waals surface area contributed by atoms with Crippen LogP contribution < -0.4 is 5.32 Å². The lowest BCUT2D eigenvalue weighted by Crippen LogP contribution is -2.27. The van der Waals surface area contributed by atoms with Gasteiger partial charge >= 0.3 is 0 Å². The molecule has 1 fully saturated rings. The van der Waals surface area contributed by atoms with E-state index in [1.807, 2.05) is 11.8 Å². The van der Waals surface area contributed by atoms with E-state index >= 15 is 0 Å². The highest BCUT2D eigenvalue weighted by molar-refractivity contribution is 6.03. The highest BCUT2D eigenvalue weighted by atomic mass is 16.2. The van der Waals surface area contributed by atoms with Gasteiger partial charge in [-0.2, -0.15) is 5.10 Å². The number of nitrogens with one attached hydrogen (secondary N) is 1. The molecule has 3 rings (SSSR count). The molecule has 2 aromatic rings. The molecule has 23 heavy (non-hydrogen) atoms. The molecule has 120 valence electrons. The number of carbonyl (C=O) groups excluding carboxylic acids is 2. The number of likely N-dealkylation sites (tertiary alicyclic amines) is 1. The van der Waals surface area contributed by atoms with Crippen molar-refractivity contribution in [1.29, 1.82) is 0 Å². The van der Waals surface area contributed by atoms with Crippen molar-refractivity contribution >= 4 is 17.5 Å². The van der Waals surface area contributed by atoms with Crippen molar-refractivity contribution in [2.45, 2.75) is 26.3 Å². The smallest absolute Gasteiger partial charge is 0.276 e. The van der Waals surface area contributed by atoms with Gasteiger partial charge in [-0.25, -0.2) is 0 Å². The largest absolute Gasteiger partial charge is 0.339 e. The fourth-order valence-corrected chi connectivity index (χ4v) is 2.65. The molecule has 0 spiro atoms. The van der Waals surface area contributed by atoms with Crippen molar-refractivity contribution in [2.75, 3.05) is 18.4 Å². The summed E-state index contributed by atoms with van der Waals surface area (Å²) in [6.45, 7) is 4.35. The second-order valence-corrected chi connectivity index (χ2v) is 5.59. The van der Waals surface area contributed by atoms with Crippen LogP contribution in [0.3, 0.4) is 0 Å². The van der Waals surface area contributed by atoms with Crippen LogP contribution in [0.2, 0.25) is 0 Å². The molecule has 1 aromatic heterocycles. The number of amides is 2. The minimum atomic E-state index is -0.254. The Morgan fingerprint density at radius 3 is 2.43 bits per heavy atom. The topological polar surface area (TPSA) is 67.2 Å². The molecule has 1 saturated heterocycles. The summed E-state index contributed by atoms with van der Waals surface area (Å²) in [5, 5.41) is 6.96. The van der Waals surface area contributed by atoms with Gasteiger partial charge in [0.25, 0.3) is 11.8 Å². The van der Waals surface area contributed by atoms with Gasteiger partial charge in [-0.3, -0.25) is 14.3 Å². The molecule has 1 aliphatic heterocycles. The Bertz CT molecular complexity index is 700. The fourth-order valence-electron chi connectivity index (χ4n) is 2.65. The molecule has 0 unspecified atom stereocenters. The number of aryl methyl sites for hydroxylation is 1. The first-order chi connectivity index (χ1) is 11.2. The number of anilines is 1. The lowest BCUT2D eigenvalue weighted by Gasteiger charge is -2.15. The SMILES string of the molecule is CCn1ccc(C(=O)Nc2ccc(C(=O)N3CCCC3)cc2)n1. The zero-order valence-corrected chi connectivity index (χ0v) is 13.2. The summed E-state index contributed by atoms with van der Waals surface area (Å²) in [7, 11) is 0. The third-order valence-corrected chi connectivity index (χ3v) is 3.98. The van der Waals surface area contributed by atoms with E-state index in [9.17, 15) is 9.59 Å². The molecule has 6 nitrogen and oxygen atoms in total. The van der Waals surface area contributed by atoms with E-state index in [-0.39, 0.29) is 11.8 Å². The Morgan fingerprint density at radius 2 is 1.83 bits per heavy atom. The molecule has 0 saturated carbocycles. The third-order valence-electron chi connectivity index (χ3n) is 3.98. The normalized spacial score (nSPS) is 14.0. The van der Waals surface area contributed by atoms with E-state index in [0.29, 0.717) is 16.9 Å². The third kappa shape index (κ3) is 3.41. The highest BCUT2D eigenvalue weighted by Crippen LogP contribution is 2.16. The number of hydrogen-bond donors (Lipinski definition) is 1. The first-order valence-corrected chi connectivity index (χ1v) is 7.91. The summed E-state index contributed by atoms with van der Waals surface area (Å²) in [6, 6.07) is 8.68. The molecule has 1 aliphatic rings. The van der Waals surface area contributed by atoms with E-state index < -0.39 is 0 Å². The number of carbonyl (C=O) groups is 2. The van der Waals surface area contributed by atoms with Crippen LogP contribution in [-0.2, 0) is 6.54 Å². The van der Waals surface area contributed by atoms with Gasteiger partial charge in [-0.15, -0.1) is 0 Å². The molecule has 1 aromatic carbocycles. The number of benzene rings is 1. The quantitative estimate of drug-likeness (QED) is 0.942. The minimum absolute atomic E-state index is 0.0575. The van der Waals surface area contributed by atoms with Crippen molar-refractivity contribution in [3.05, 3.63) is 47.8 Å². The van der Waals surface area contributed by atoms with Crippen molar-refractivity contribution in [3.63, 3.8) is 0 Å². The summed E-state index contributed by atoms with van der Waals surface area (Å²) in [4.78, 5) is 26.2. The second kappa shape index (κ2) is 6.64. The summed E-state index contributed by atoms with van der Waals surface area (Å²) in [5.74, 6) is -0.196. The van der Waals surface area contributed by atoms with Crippen LogP contribution in [0.5, 0.6) is 0 Å². The number of aromatic nitrogens is 2. The fraction of sp³-hybridized carbons (Fsp3) is 0.353. The monoisotopic (exact) mass is 312 g/mol. The predicted molar refractivity (Wildman–Crippen MR) is 87.4 cm³/mol. The molecule has 0 bridgehead atoms. The van der Waals surface area contributed by atoms with Crippen LogP contribution in [0.15, 0.2) is 36.5 Å². The van der Waals surface area contributed by atoms with Crippen molar-refractivity contribution in [1.82, 2.24) is 14.7 Å². The van der Waals surface area contributed by atoms with Crippen molar-refractivity contribution in [3.8, 4) is 0 Å². The van der Waals surface area contributed by atoms with Crippen LogP contribution in [0, 0.1) is 0 Å². The van der Waals surface area contributed by atoms with E-state index in [4.69, 9.17) is 0 Å². The zero-order chi connectivity index (χ0) is 16.2. The van der Waals surface area contributed by atoms with Crippen molar-refractivity contribution < 1.29 is 9.59 Å². The minimum Gasteiger partial charge on any atom is -0.339 e. The second-order valence-electron chi connectivity index (χ2n) is 5.59. The van der Waals surface area contributed by atoms with Gasteiger partial charge in [0.2, 0.25) is 0 Å². The van der Waals surface area contributed by atoms with Gasteiger partial charge in [0, 0.05) is 37.1 Å². The van der Waals surface area contributed by atoms with E-state index in [1.54, 1.807) is 41.2 Å². The maximum atomic E-state index is 12.3. The standard InChI is InChI=1S/C17H20N4O2/c1-2-21-12-9-15(19-21)16(22)18-14-7-5-13(6-8-14)17(23)20-10-3-4-11-20/h5-9,12H,2-4,10-11H2,1H3,(H,18,22). The van der Waals surface area contributed by atoms with Gasteiger partial charge in [0.05, 0.1) is 0 Å². The number of rotatable bonds is 4. The van der Waals surface area contributed by atoms with E-state index in [0.717, 1.165) is 32.5 Å². The summed E-state index contributed by atoms with van der Waals surface area (Å²) in [6.07, 6.45) is 3.92. The van der Waals surface area contributed by atoms with Gasteiger partial charge in [-0.05, 0) is 50.1 Å². The average molecular weight is 312 g/mol. The van der Waals surface area contributed by atoms with Gasteiger partial charge in [0.1, 0.15) is 0 Å². The molecule has 0 atom stereocenters. The van der Waals surface area contributed by atoms with Gasteiger partial charge < -0.3 is 10.2 Å². The van der Waals surface area contributed by atoms with Crippen molar-refractivity contribution in [2.24, 2.45) is 0 Å². The first-order valence-electron chi connectivity index (χ1n) is 7.91. The molecule has 6 heteroatoms. The van der Waals surface area contributed by atoms with Crippen LogP contribution in [0.4, 0.5) is 5.69 Å². The van der Waals surface area contributed by atoms with Gasteiger partial charge in [0.15, 0.2) is 5.69 Å². The van der Waals surface area contributed by atoms with Gasteiger partial charge in [-0.1, -0.05) is 0 Å².